The van der Waals surface area contributed by atoms with E-state index in [1.165, 1.54) is 12.4 Å². The Bertz CT molecular complexity index is 972. The van der Waals surface area contributed by atoms with E-state index >= 15 is 0 Å². The van der Waals surface area contributed by atoms with E-state index in [-0.39, 0.29) is 28.5 Å². The van der Waals surface area contributed by atoms with Gasteiger partial charge < -0.3 is 4.74 Å². The van der Waals surface area contributed by atoms with Crippen LogP contribution in [-0.4, -0.2) is 50.1 Å². The first kappa shape index (κ1) is 20.5. The number of benzene rings is 1. The molecule has 144 valence electrons. The second kappa shape index (κ2) is 8.27. The van der Waals surface area contributed by atoms with Crippen LogP contribution in [0.3, 0.4) is 0 Å². The summed E-state index contributed by atoms with van der Waals surface area (Å²) in [6.07, 6.45) is 3.63. The molecule has 9 nitrogen and oxygen atoms in total. The Morgan fingerprint density at radius 3 is 2.52 bits per heavy atom. The molecule has 27 heavy (non-hydrogen) atoms. The van der Waals surface area contributed by atoms with Gasteiger partial charge in [0.2, 0.25) is 6.41 Å². The molecular weight excluding hydrogens is 403 g/mol. The maximum atomic E-state index is 14.5. The Morgan fingerprint density at radius 1 is 1.33 bits per heavy atom. The Hall–Kier alpha value is -2.79. The number of carbonyl (C=O) groups is 2. The average molecular weight is 417 g/mol. The monoisotopic (exact) mass is 416 g/mol. The minimum Gasteiger partial charge on any atom is -0.464 e. The highest BCUT2D eigenvalue weighted by Gasteiger charge is 2.26. The highest BCUT2D eigenvalue weighted by molar-refractivity contribution is 7.90. The molecule has 2 aromatic rings. The second-order valence-corrected chi connectivity index (χ2v) is 7.33. The van der Waals surface area contributed by atoms with Crippen molar-refractivity contribution < 1.29 is 27.1 Å². The summed E-state index contributed by atoms with van der Waals surface area (Å²) in [6.45, 7) is 0. The van der Waals surface area contributed by atoms with E-state index in [2.05, 4.69) is 14.7 Å². The lowest BCUT2D eigenvalue weighted by Crippen LogP contribution is -2.43. The molecule has 0 radical (unpaired) electrons. The van der Waals surface area contributed by atoms with E-state index in [0.717, 1.165) is 41.6 Å². The van der Waals surface area contributed by atoms with Gasteiger partial charge in [0.1, 0.15) is 17.5 Å². The van der Waals surface area contributed by atoms with E-state index in [4.69, 9.17) is 11.6 Å². The fourth-order valence-corrected chi connectivity index (χ4v) is 2.99. The van der Waals surface area contributed by atoms with Gasteiger partial charge in [0.25, 0.3) is 0 Å². The van der Waals surface area contributed by atoms with Gasteiger partial charge in [-0.15, -0.1) is 11.6 Å². The van der Waals surface area contributed by atoms with Crippen LogP contribution in [0.2, 0.25) is 0 Å². The lowest BCUT2D eigenvalue weighted by Gasteiger charge is -2.31. The highest BCUT2D eigenvalue weighted by Crippen LogP contribution is 2.27. The number of esters is 1. The number of hydrazine groups is 1. The molecule has 0 saturated heterocycles. The Kier molecular flexibility index (Phi) is 6.28. The predicted molar refractivity (Wildman–Crippen MR) is 94.6 cm³/mol. The zero-order valence-electron chi connectivity index (χ0n) is 14.2. The number of anilines is 2. The number of methoxy groups -OCH3 is 1. The Balaban J connectivity index is 2.56. The molecule has 1 aromatic heterocycles. The predicted octanol–water partition coefficient (Wildman–Crippen LogP) is 1.39. The Labute approximate surface area is 159 Å². The normalized spacial score (nSPS) is 11.0. The summed E-state index contributed by atoms with van der Waals surface area (Å²) in [5, 5.41) is 1.72. The zero-order valence-corrected chi connectivity index (χ0v) is 15.7. The van der Waals surface area contributed by atoms with Gasteiger partial charge in [-0.3, -0.25) is 4.79 Å². The topological polar surface area (TPSA) is 110 Å². The molecule has 0 N–H and O–H groups in total. The molecule has 1 heterocycles. The first-order valence-corrected chi connectivity index (χ1v) is 9.64. The third-order valence-electron chi connectivity index (χ3n) is 3.37. The van der Waals surface area contributed by atoms with Crippen molar-refractivity contribution in [2.45, 2.75) is 4.90 Å². The molecule has 0 bridgehead atoms. The van der Waals surface area contributed by atoms with Gasteiger partial charge in [0.05, 0.1) is 12.0 Å². The number of rotatable bonds is 7. The van der Waals surface area contributed by atoms with Crippen molar-refractivity contribution in [3.63, 3.8) is 0 Å². The summed E-state index contributed by atoms with van der Waals surface area (Å²) in [5.74, 6) is -1.99. The van der Waals surface area contributed by atoms with Crippen LogP contribution in [-0.2, 0) is 19.4 Å². The summed E-state index contributed by atoms with van der Waals surface area (Å²) in [5.41, 5.74) is -0.555. The van der Waals surface area contributed by atoms with Crippen molar-refractivity contribution in [2.75, 3.05) is 29.4 Å². The number of halogens is 2. The SMILES string of the molecule is COC(=O)c1nccnc1N(CCl)N(C=O)c1ccc(S(C)(=O)=O)cc1F. The molecule has 0 aliphatic heterocycles. The molecule has 0 fully saturated rings. The average Bonchev–Trinajstić information content (AvgIpc) is 2.65. The maximum Gasteiger partial charge on any atom is 0.360 e. The molecule has 0 saturated carbocycles. The molecule has 0 aliphatic carbocycles. The number of amides is 1. The molecule has 0 spiro atoms. The van der Waals surface area contributed by atoms with Crippen LogP contribution in [0.5, 0.6) is 0 Å². The number of nitrogens with zero attached hydrogens (tertiary/aromatic N) is 4. The number of alkyl halides is 1. The quantitative estimate of drug-likeness (QED) is 0.219. The Morgan fingerprint density at radius 2 is 2.00 bits per heavy atom. The van der Waals surface area contributed by atoms with Crippen LogP contribution >= 0.6 is 11.6 Å². The molecule has 1 amide bonds. The second-order valence-electron chi connectivity index (χ2n) is 5.07. The standard InChI is InChI=1S/C15H14ClFN4O5S/c1-26-15(23)13-14(19-6-5-18-13)20(8-16)21(9-22)12-4-3-10(7-11(12)17)27(2,24)25/h3-7,9H,8H2,1-2H3. The molecule has 1 aromatic carbocycles. The molecule has 12 heteroatoms. The van der Waals surface area contributed by atoms with Crippen molar-refractivity contribution in [3.05, 3.63) is 42.1 Å². The largest absolute Gasteiger partial charge is 0.464 e. The van der Waals surface area contributed by atoms with Gasteiger partial charge in [0.15, 0.2) is 21.3 Å². The van der Waals surface area contributed by atoms with Crippen molar-refractivity contribution >= 4 is 45.3 Å². The van der Waals surface area contributed by atoms with E-state index in [9.17, 15) is 22.4 Å². The fourth-order valence-electron chi connectivity index (χ4n) is 2.12. The number of ether oxygens (including phenoxy) is 1. The third kappa shape index (κ3) is 4.31. The van der Waals surface area contributed by atoms with Gasteiger partial charge in [-0.25, -0.2) is 37.6 Å². The van der Waals surface area contributed by atoms with E-state index in [1.54, 1.807) is 0 Å². The highest BCUT2D eigenvalue weighted by atomic mass is 35.5. The van der Waals surface area contributed by atoms with Gasteiger partial charge in [-0.1, -0.05) is 0 Å². The number of sulfone groups is 1. The molecule has 0 aliphatic rings. The number of hydrogen-bond acceptors (Lipinski definition) is 8. The van der Waals surface area contributed by atoms with Crippen molar-refractivity contribution in [1.82, 2.24) is 9.97 Å². The van der Waals surface area contributed by atoms with Crippen LogP contribution in [0.15, 0.2) is 35.5 Å². The van der Waals surface area contributed by atoms with Crippen molar-refractivity contribution in [1.29, 1.82) is 0 Å². The van der Waals surface area contributed by atoms with Gasteiger partial charge in [-0.05, 0) is 18.2 Å². The first-order chi connectivity index (χ1) is 12.7. The number of carbonyl (C=O) groups excluding carboxylic acids is 2. The van der Waals surface area contributed by atoms with Gasteiger partial charge in [0, 0.05) is 18.6 Å². The fraction of sp³-hybridized carbons (Fsp3) is 0.200. The van der Waals surface area contributed by atoms with Crippen molar-refractivity contribution in [3.8, 4) is 0 Å². The summed E-state index contributed by atoms with van der Waals surface area (Å²) in [7, 11) is -2.51. The van der Waals surface area contributed by atoms with E-state index < -0.39 is 27.6 Å². The van der Waals surface area contributed by atoms with E-state index in [1.807, 2.05) is 0 Å². The summed E-state index contributed by atoms with van der Waals surface area (Å²) in [6, 6.07) is 2.59. The van der Waals surface area contributed by atoms with Crippen LogP contribution in [0.1, 0.15) is 10.5 Å². The van der Waals surface area contributed by atoms with E-state index in [0.29, 0.717) is 0 Å². The maximum absolute atomic E-state index is 14.5. The molecule has 0 atom stereocenters. The summed E-state index contributed by atoms with van der Waals surface area (Å²) >= 11 is 5.89. The van der Waals surface area contributed by atoms with Crippen molar-refractivity contribution in [2.24, 2.45) is 0 Å². The number of aromatic nitrogens is 2. The van der Waals surface area contributed by atoms with Crippen LogP contribution in [0, 0.1) is 5.82 Å². The van der Waals surface area contributed by atoms with Crippen LogP contribution < -0.4 is 10.0 Å². The third-order valence-corrected chi connectivity index (χ3v) is 4.71. The summed E-state index contributed by atoms with van der Waals surface area (Å²) in [4.78, 5) is 31.1. The van der Waals surface area contributed by atoms with Crippen LogP contribution in [0.4, 0.5) is 15.9 Å². The molecule has 0 unspecified atom stereocenters. The number of hydrogen-bond donors (Lipinski definition) is 0. The lowest BCUT2D eigenvalue weighted by molar-refractivity contribution is -0.107. The van der Waals surface area contributed by atoms with Gasteiger partial charge >= 0.3 is 5.97 Å². The lowest BCUT2D eigenvalue weighted by atomic mass is 10.3. The zero-order chi connectivity index (χ0) is 20.2. The first-order valence-electron chi connectivity index (χ1n) is 7.21. The minimum absolute atomic E-state index is 0.155. The minimum atomic E-state index is -3.64. The molecular formula is C15H14ClFN4O5S. The summed E-state index contributed by atoms with van der Waals surface area (Å²) < 4.78 is 42.2. The smallest absolute Gasteiger partial charge is 0.360 e. The van der Waals surface area contributed by atoms with Crippen LogP contribution in [0.25, 0.3) is 0 Å². The molecule has 2 rings (SSSR count). The van der Waals surface area contributed by atoms with Gasteiger partial charge in [-0.2, -0.15) is 0 Å².